The van der Waals surface area contributed by atoms with Crippen LogP contribution < -0.4 is 5.32 Å². The number of amides is 2. The number of carboxylic acids is 1. The molecule has 2 atom stereocenters. The Morgan fingerprint density at radius 2 is 1.79 bits per heavy atom. The normalized spacial score (nSPS) is 19.6. The van der Waals surface area contributed by atoms with Gasteiger partial charge in [-0.15, -0.1) is 0 Å². The minimum absolute atomic E-state index is 0.227. The lowest BCUT2D eigenvalue weighted by atomic mass is 9.82. The van der Waals surface area contributed by atoms with Crippen molar-refractivity contribution in [3.05, 3.63) is 40.9 Å². The van der Waals surface area contributed by atoms with E-state index >= 15 is 0 Å². The lowest BCUT2D eigenvalue weighted by Gasteiger charge is -2.24. The summed E-state index contributed by atoms with van der Waals surface area (Å²) in [7, 11) is 3.24. The Morgan fingerprint density at radius 1 is 1.17 bits per heavy atom. The van der Waals surface area contributed by atoms with E-state index in [1.807, 2.05) is 6.08 Å². The number of hydrogen-bond acceptors (Lipinski definition) is 3. The Hall–Kier alpha value is -2.34. The molecular weight excluding hydrogens is 332 g/mol. The molecule has 2 rings (SSSR count). The van der Waals surface area contributed by atoms with E-state index in [2.05, 4.69) is 5.32 Å². The molecule has 0 unspecified atom stereocenters. The van der Waals surface area contributed by atoms with Crippen LogP contribution in [0.5, 0.6) is 0 Å². The minimum Gasteiger partial charge on any atom is -0.481 e. The van der Waals surface area contributed by atoms with Gasteiger partial charge in [-0.25, -0.2) is 0 Å². The summed E-state index contributed by atoms with van der Waals surface area (Å²) in [6, 6.07) is 4.61. The van der Waals surface area contributed by atoms with Crippen molar-refractivity contribution in [2.24, 2.45) is 11.8 Å². The minimum atomic E-state index is -0.982. The molecule has 2 amide bonds. The van der Waals surface area contributed by atoms with Crippen molar-refractivity contribution in [2.45, 2.75) is 12.8 Å². The molecule has 0 radical (unpaired) electrons. The van der Waals surface area contributed by atoms with Crippen molar-refractivity contribution in [3.8, 4) is 0 Å². The summed E-state index contributed by atoms with van der Waals surface area (Å²) < 4.78 is 0. The summed E-state index contributed by atoms with van der Waals surface area (Å²) in [5.41, 5.74) is 0.766. The van der Waals surface area contributed by atoms with Crippen LogP contribution in [-0.4, -0.2) is 41.9 Å². The molecule has 1 aliphatic carbocycles. The van der Waals surface area contributed by atoms with Crippen molar-refractivity contribution in [2.75, 3.05) is 19.4 Å². The molecule has 1 aromatic carbocycles. The van der Waals surface area contributed by atoms with E-state index in [1.54, 1.807) is 26.2 Å². The second kappa shape index (κ2) is 7.49. The van der Waals surface area contributed by atoms with Crippen molar-refractivity contribution >= 4 is 35.1 Å². The topological polar surface area (TPSA) is 86.7 Å². The molecule has 0 aliphatic heterocycles. The summed E-state index contributed by atoms with van der Waals surface area (Å²) in [5, 5.41) is 12.2. The number of allylic oxidation sites excluding steroid dienone is 2. The Balaban J connectivity index is 2.14. The zero-order chi connectivity index (χ0) is 17.9. The average molecular weight is 351 g/mol. The largest absolute Gasteiger partial charge is 0.481 e. The molecule has 1 aromatic rings. The van der Waals surface area contributed by atoms with Gasteiger partial charge in [-0.3, -0.25) is 14.4 Å². The summed E-state index contributed by atoms with van der Waals surface area (Å²) >= 11 is 6.11. The van der Waals surface area contributed by atoms with Gasteiger partial charge in [0.1, 0.15) is 0 Å². The Bertz CT molecular complexity index is 700. The Labute approximate surface area is 145 Å². The molecule has 0 fully saturated rings. The monoisotopic (exact) mass is 350 g/mol. The van der Waals surface area contributed by atoms with Gasteiger partial charge in [0.05, 0.1) is 22.4 Å². The van der Waals surface area contributed by atoms with Gasteiger partial charge in [-0.05, 0) is 31.0 Å². The number of halogens is 1. The molecule has 128 valence electrons. The van der Waals surface area contributed by atoms with E-state index in [-0.39, 0.29) is 16.8 Å². The lowest BCUT2D eigenvalue weighted by molar-refractivity contribution is -0.146. The predicted octanol–water partition coefficient (Wildman–Crippen LogP) is 2.65. The quantitative estimate of drug-likeness (QED) is 0.817. The maximum absolute atomic E-state index is 12.4. The van der Waals surface area contributed by atoms with Gasteiger partial charge in [0.25, 0.3) is 5.91 Å². The van der Waals surface area contributed by atoms with Crippen LogP contribution in [0.2, 0.25) is 5.02 Å². The number of aliphatic carboxylic acids is 1. The third kappa shape index (κ3) is 3.94. The average Bonchev–Trinajstić information content (AvgIpc) is 2.54. The van der Waals surface area contributed by atoms with Crippen LogP contribution in [-0.2, 0) is 9.59 Å². The van der Waals surface area contributed by atoms with Gasteiger partial charge in [-0.1, -0.05) is 23.8 Å². The van der Waals surface area contributed by atoms with Gasteiger partial charge < -0.3 is 15.3 Å². The van der Waals surface area contributed by atoms with Crippen molar-refractivity contribution < 1.29 is 19.5 Å². The summed E-state index contributed by atoms with van der Waals surface area (Å²) in [6.45, 7) is 0. The van der Waals surface area contributed by atoms with E-state index in [0.29, 0.717) is 24.1 Å². The van der Waals surface area contributed by atoms with Crippen molar-refractivity contribution in [1.29, 1.82) is 0 Å². The van der Waals surface area contributed by atoms with E-state index in [0.717, 1.165) is 0 Å². The summed E-state index contributed by atoms with van der Waals surface area (Å²) in [5.74, 6) is -2.95. The molecule has 7 heteroatoms. The Kier molecular flexibility index (Phi) is 5.62. The standard InChI is InChI=1S/C17H19ClN2O4/c1-20(2)16(22)13-8-7-10(9-14(13)18)19-15(21)11-5-3-4-6-12(11)17(23)24/h3-4,7-9,11-12H,5-6H2,1-2H3,(H,19,21)(H,23,24)/t11-,12-/m0/s1. The smallest absolute Gasteiger partial charge is 0.307 e. The number of carboxylic acid groups (broad SMARTS) is 1. The highest BCUT2D eigenvalue weighted by atomic mass is 35.5. The number of hydrogen-bond donors (Lipinski definition) is 2. The van der Waals surface area contributed by atoms with Gasteiger partial charge in [0.2, 0.25) is 5.91 Å². The molecule has 0 bridgehead atoms. The molecular formula is C17H19ClN2O4. The third-order valence-corrected chi connectivity index (χ3v) is 4.27. The summed E-state index contributed by atoms with van der Waals surface area (Å²) in [6.07, 6.45) is 4.31. The molecule has 0 spiro atoms. The van der Waals surface area contributed by atoms with Crippen LogP contribution in [0.25, 0.3) is 0 Å². The van der Waals surface area contributed by atoms with Crippen LogP contribution >= 0.6 is 11.6 Å². The van der Waals surface area contributed by atoms with Crippen LogP contribution in [0.1, 0.15) is 23.2 Å². The molecule has 0 aromatic heterocycles. The van der Waals surface area contributed by atoms with Crippen molar-refractivity contribution in [3.63, 3.8) is 0 Å². The van der Waals surface area contributed by atoms with E-state index < -0.39 is 17.8 Å². The fourth-order valence-corrected chi connectivity index (χ4v) is 2.88. The van der Waals surface area contributed by atoms with E-state index in [4.69, 9.17) is 11.6 Å². The van der Waals surface area contributed by atoms with Crippen LogP contribution in [0.4, 0.5) is 5.69 Å². The highest BCUT2D eigenvalue weighted by Crippen LogP contribution is 2.28. The number of rotatable bonds is 4. The number of carbonyl (C=O) groups is 3. The zero-order valence-corrected chi connectivity index (χ0v) is 14.2. The predicted molar refractivity (Wildman–Crippen MR) is 91.1 cm³/mol. The maximum atomic E-state index is 12.4. The molecule has 0 saturated carbocycles. The molecule has 2 N–H and O–H groups in total. The number of carbonyl (C=O) groups excluding carboxylic acids is 2. The second-order valence-corrected chi connectivity index (χ2v) is 6.28. The number of nitrogens with zero attached hydrogens (tertiary/aromatic N) is 1. The first-order valence-electron chi connectivity index (χ1n) is 7.51. The fourth-order valence-electron chi connectivity index (χ4n) is 2.62. The summed E-state index contributed by atoms with van der Waals surface area (Å²) in [4.78, 5) is 37.0. The van der Waals surface area contributed by atoms with Gasteiger partial charge >= 0.3 is 5.97 Å². The number of benzene rings is 1. The molecule has 1 aliphatic rings. The van der Waals surface area contributed by atoms with E-state index in [9.17, 15) is 19.5 Å². The molecule has 0 saturated heterocycles. The zero-order valence-electron chi connectivity index (χ0n) is 13.5. The maximum Gasteiger partial charge on any atom is 0.307 e. The highest BCUT2D eigenvalue weighted by molar-refractivity contribution is 6.34. The van der Waals surface area contributed by atoms with Crippen LogP contribution in [0, 0.1) is 11.8 Å². The number of anilines is 1. The number of nitrogens with one attached hydrogen (secondary N) is 1. The SMILES string of the molecule is CN(C)C(=O)c1ccc(NC(=O)[C@H]2CC=CC[C@@H]2C(=O)O)cc1Cl. The Morgan fingerprint density at radius 3 is 2.33 bits per heavy atom. The lowest BCUT2D eigenvalue weighted by Crippen LogP contribution is -2.34. The fraction of sp³-hybridized carbons (Fsp3) is 0.353. The molecule has 0 heterocycles. The third-order valence-electron chi connectivity index (χ3n) is 3.96. The van der Waals surface area contributed by atoms with Crippen molar-refractivity contribution in [1.82, 2.24) is 4.90 Å². The van der Waals surface area contributed by atoms with Gasteiger partial charge in [-0.2, -0.15) is 0 Å². The first kappa shape index (κ1) is 18.0. The van der Waals surface area contributed by atoms with E-state index in [1.165, 1.54) is 17.0 Å². The van der Waals surface area contributed by atoms with Gasteiger partial charge in [0.15, 0.2) is 0 Å². The first-order valence-corrected chi connectivity index (χ1v) is 7.89. The molecule has 24 heavy (non-hydrogen) atoms. The van der Waals surface area contributed by atoms with Crippen LogP contribution in [0.3, 0.4) is 0 Å². The second-order valence-electron chi connectivity index (χ2n) is 5.88. The highest BCUT2D eigenvalue weighted by Gasteiger charge is 2.34. The molecule has 6 nitrogen and oxygen atoms in total. The first-order chi connectivity index (χ1) is 11.3. The van der Waals surface area contributed by atoms with Crippen LogP contribution in [0.15, 0.2) is 30.4 Å². The van der Waals surface area contributed by atoms with Gasteiger partial charge in [0, 0.05) is 19.8 Å².